The molecule has 0 spiro atoms. The third-order valence-corrected chi connectivity index (χ3v) is 3.96. The molecule has 0 radical (unpaired) electrons. The number of methoxy groups -OCH3 is 1. The minimum Gasteiger partial charge on any atom is -0.493 e. The minimum atomic E-state index is -2.92. The van der Waals surface area contributed by atoms with Gasteiger partial charge in [-0.3, -0.25) is 4.79 Å². The molecule has 2 aromatic rings. The average Bonchev–Trinajstić information content (AvgIpc) is 2.58. The lowest BCUT2D eigenvalue weighted by Gasteiger charge is -2.17. The van der Waals surface area contributed by atoms with Crippen LogP contribution in [0.15, 0.2) is 48.0 Å². The van der Waals surface area contributed by atoms with Crippen LogP contribution >= 0.6 is 0 Å². The van der Waals surface area contributed by atoms with E-state index in [0.717, 1.165) is 17.5 Å². The molecule has 0 atom stereocenters. The van der Waals surface area contributed by atoms with Crippen molar-refractivity contribution in [1.82, 2.24) is 0 Å². The highest BCUT2D eigenvalue weighted by Crippen LogP contribution is 2.32. The van der Waals surface area contributed by atoms with Crippen LogP contribution in [-0.4, -0.2) is 19.5 Å². The number of alkyl halides is 2. The van der Waals surface area contributed by atoms with Gasteiger partial charge in [-0.1, -0.05) is 30.3 Å². The van der Waals surface area contributed by atoms with Crippen LogP contribution in [0.3, 0.4) is 0 Å². The topological polar surface area (TPSA) is 35.5 Å². The van der Waals surface area contributed by atoms with Gasteiger partial charge in [-0.2, -0.15) is 8.78 Å². The maximum atomic E-state index is 12.6. The van der Waals surface area contributed by atoms with Gasteiger partial charge in [-0.05, 0) is 42.2 Å². The molecule has 0 saturated heterocycles. The van der Waals surface area contributed by atoms with E-state index in [9.17, 15) is 13.6 Å². The van der Waals surface area contributed by atoms with Gasteiger partial charge < -0.3 is 9.47 Å². The Hall–Kier alpha value is -2.69. The first kappa shape index (κ1) is 16.2. The summed E-state index contributed by atoms with van der Waals surface area (Å²) in [5, 5.41) is 0. The Bertz CT molecular complexity index is 797. The number of hydrogen-bond acceptors (Lipinski definition) is 3. The van der Waals surface area contributed by atoms with Crippen molar-refractivity contribution >= 4 is 11.9 Å². The van der Waals surface area contributed by atoms with Gasteiger partial charge in [-0.15, -0.1) is 0 Å². The summed E-state index contributed by atoms with van der Waals surface area (Å²) in [5.41, 5.74) is 3.17. The number of rotatable bonds is 4. The second kappa shape index (κ2) is 6.83. The Morgan fingerprint density at radius 2 is 1.88 bits per heavy atom. The molecule has 0 unspecified atom stereocenters. The predicted octanol–water partition coefficient (Wildman–Crippen LogP) is 4.51. The molecular formula is C19H16F2O3. The van der Waals surface area contributed by atoms with Crippen LogP contribution in [0.4, 0.5) is 8.78 Å². The zero-order chi connectivity index (χ0) is 17.1. The normalized spacial score (nSPS) is 15.5. The van der Waals surface area contributed by atoms with Crippen LogP contribution in [0.2, 0.25) is 0 Å². The molecule has 0 aliphatic heterocycles. The van der Waals surface area contributed by atoms with Crippen LogP contribution in [0.5, 0.6) is 11.5 Å². The maximum Gasteiger partial charge on any atom is 0.387 e. The summed E-state index contributed by atoms with van der Waals surface area (Å²) in [5.74, 6) is 0.173. The summed E-state index contributed by atoms with van der Waals surface area (Å²) < 4.78 is 34.2. The van der Waals surface area contributed by atoms with Crippen LogP contribution in [0, 0.1) is 0 Å². The number of halogens is 2. The van der Waals surface area contributed by atoms with E-state index in [1.54, 1.807) is 18.2 Å². The van der Waals surface area contributed by atoms with Crippen LogP contribution < -0.4 is 9.47 Å². The fourth-order valence-electron chi connectivity index (χ4n) is 2.82. The van der Waals surface area contributed by atoms with E-state index in [2.05, 4.69) is 4.74 Å². The summed E-state index contributed by atoms with van der Waals surface area (Å²) >= 11 is 0. The summed E-state index contributed by atoms with van der Waals surface area (Å²) in [6.07, 6.45) is 3.22. The number of ether oxygens (including phenoxy) is 2. The first-order valence-electron chi connectivity index (χ1n) is 7.54. The van der Waals surface area contributed by atoms with Crippen molar-refractivity contribution in [3.63, 3.8) is 0 Å². The molecule has 0 aromatic heterocycles. The first-order chi connectivity index (χ1) is 11.6. The summed E-state index contributed by atoms with van der Waals surface area (Å²) in [6, 6.07) is 12.2. The van der Waals surface area contributed by atoms with Crippen molar-refractivity contribution in [2.24, 2.45) is 0 Å². The summed E-state index contributed by atoms with van der Waals surface area (Å²) in [7, 11) is 1.38. The van der Waals surface area contributed by atoms with E-state index in [1.165, 1.54) is 13.2 Å². The van der Waals surface area contributed by atoms with Gasteiger partial charge in [0.25, 0.3) is 0 Å². The summed E-state index contributed by atoms with van der Waals surface area (Å²) in [4.78, 5) is 12.6. The second-order valence-corrected chi connectivity index (χ2v) is 5.44. The molecule has 0 bridgehead atoms. The quantitative estimate of drug-likeness (QED) is 0.774. The molecule has 0 saturated carbocycles. The number of aryl methyl sites for hydroxylation is 1. The van der Waals surface area contributed by atoms with E-state index in [1.807, 2.05) is 24.3 Å². The van der Waals surface area contributed by atoms with Crippen molar-refractivity contribution < 1.29 is 23.0 Å². The first-order valence-corrected chi connectivity index (χ1v) is 7.54. The molecule has 2 aromatic carbocycles. The predicted molar refractivity (Wildman–Crippen MR) is 86.7 cm³/mol. The third-order valence-electron chi connectivity index (χ3n) is 3.96. The Morgan fingerprint density at radius 3 is 2.62 bits per heavy atom. The molecule has 1 aliphatic carbocycles. The van der Waals surface area contributed by atoms with Gasteiger partial charge in [0.05, 0.1) is 7.11 Å². The van der Waals surface area contributed by atoms with Crippen molar-refractivity contribution in [1.29, 1.82) is 0 Å². The van der Waals surface area contributed by atoms with E-state index in [-0.39, 0.29) is 17.3 Å². The monoisotopic (exact) mass is 330 g/mol. The van der Waals surface area contributed by atoms with Gasteiger partial charge in [-0.25, -0.2) is 0 Å². The van der Waals surface area contributed by atoms with Gasteiger partial charge in [0, 0.05) is 11.1 Å². The highest BCUT2D eigenvalue weighted by Gasteiger charge is 2.21. The number of hydrogen-bond donors (Lipinski definition) is 0. The number of ketones is 1. The van der Waals surface area contributed by atoms with Crippen molar-refractivity contribution in [2.75, 3.05) is 7.11 Å². The number of benzene rings is 2. The van der Waals surface area contributed by atoms with Crippen molar-refractivity contribution in [3.05, 3.63) is 64.7 Å². The average molecular weight is 330 g/mol. The number of fused-ring (bicyclic) bond motifs is 1. The molecule has 5 heteroatoms. The largest absolute Gasteiger partial charge is 0.493 e. The van der Waals surface area contributed by atoms with Crippen molar-refractivity contribution in [2.45, 2.75) is 19.5 Å². The van der Waals surface area contributed by atoms with Gasteiger partial charge in [0.1, 0.15) is 0 Å². The highest BCUT2D eigenvalue weighted by atomic mass is 19.3. The fourth-order valence-corrected chi connectivity index (χ4v) is 2.82. The van der Waals surface area contributed by atoms with E-state index in [0.29, 0.717) is 17.6 Å². The van der Waals surface area contributed by atoms with Crippen LogP contribution in [0.1, 0.15) is 27.9 Å². The van der Waals surface area contributed by atoms with E-state index in [4.69, 9.17) is 4.74 Å². The smallest absolute Gasteiger partial charge is 0.387 e. The number of Topliss-reactive ketones (excluding diaryl/α,β-unsaturated/α-hetero) is 1. The number of allylic oxidation sites excluding steroid dienone is 1. The van der Waals surface area contributed by atoms with Gasteiger partial charge in [0.2, 0.25) is 0 Å². The standard InChI is InChI=1S/C19H16F2O3/c1-23-17-11-12(6-9-16(17)24-19(20)21)10-14-8-7-13-4-2-3-5-15(13)18(14)22/h2-6,9-11,19H,7-8H2,1H3/b14-10-. The van der Waals surface area contributed by atoms with Gasteiger partial charge >= 0.3 is 6.61 Å². The summed E-state index contributed by atoms with van der Waals surface area (Å²) in [6.45, 7) is -2.92. The second-order valence-electron chi connectivity index (χ2n) is 5.44. The molecule has 0 amide bonds. The molecule has 1 aliphatic rings. The Kier molecular flexibility index (Phi) is 4.60. The van der Waals surface area contributed by atoms with E-state index < -0.39 is 6.61 Å². The Balaban J connectivity index is 1.90. The molecule has 0 heterocycles. The molecule has 0 N–H and O–H groups in total. The number of carbonyl (C=O) groups is 1. The SMILES string of the molecule is COc1cc(/C=C2/CCc3ccccc3C2=O)ccc1OC(F)F. The zero-order valence-electron chi connectivity index (χ0n) is 13.1. The zero-order valence-corrected chi connectivity index (χ0v) is 13.1. The molecule has 3 rings (SSSR count). The molecule has 3 nitrogen and oxygen atoms in total. The molecule has 24 heavy (non-hydrogen) atoms. The minimum absolute atomic E-state index is 0.00345. The van der Waals surface area contributed by atoms with Crippen molar-refractivity contribution in [3.8, 4) is 11.5 Å². The molecule has 0 fully saturated rings. The Morgan fingerprint density at radius 1 is 1.08 bits per heavy atom. The lowest BCUT2D eigenvalue weighted by Crippen LogP contribution is -2.13. The third kappa shape index (κ3) is 3.30. The van der Waals surface area contributed by atoms with E-state index >= 15 is 0 Å². The molecular weight excluding hydrogens is 314 g/mol. The Labute approximate surface area is 138 Å². The maximum absolute atomic E-state index is 12.6. The fraction of sp³-hybridized carbons (Fsp3) is 0.211. The van der Waals surface area contributed by atoms with Crippen LogP contribution in [0.25, 0.3) is 6.08 Å². The lowest BCUT2D eigenvalue weighted by atomic mass is 9.86. The van der Waals surface area contributed by atoms with Crippen LogP contribution in [-0.2, 0) is 6.42 Å². The highest BCUT2D eigenvalue weighted by molar-refractivity contribution is 6.13. The lowest BCUT2D eigenvalue weighted by molar-refractivity contribution is -0.0512. The number of carbonyl (C=O) groups excluding carboxylic acids is 1. The van der Waals surface area contributed by atoms with Gasteiger partial charge in [0.15, 0.2) is 17.3 Å². The molecule has 124 valence electrons.